The van der Waals surface area contributed by atoms with E-state index in [2.05, 4.69) is 28.6 Å². The van der Waals surface area contributed by atoms with Gasteiger partial charge in [0.2, 0.25) is 0 Å². The molecule has 27 heavy (non-hydrogen) atoms. The molecule has 0 aliphatic rings. The average molecular weight is 356 g/mol. The van der Waals surface area contributed by atoms with Crippen LogP contribution < -0.4 is 10.6 Å². The van der Waals surface area contributed by atoms with Gasteiger partial charge in [0.05, 0.1) is 5.56 Å². The Balaban J connectivity index is 1.69. The van der Waals surface area contributed by atoms with Crippen LogP contribution in [-0.4, -0.2) is 10.9 Å². The highest BCUT2D eigenvalue weighted by Gasteiger charge is 2.08. The number of benzene rings is 2. The van der Waals surface area contributed by atoms with Crippen molar-refractivity contribution in [2.45, 2.75) is 19.9 Å². The van der Waals surface area contributed by atoms with Crippen molar-refractivity contribution in [1.29, 1.82) is 5.26 Å². The van der Waals surface area contributed by atoms with Gasteiger partial charge in [-0.15, -0.1) is 0 Å². The topological polar surface area (TPSA) is 77.8 Å². The number of aryl methyl sites for hydroxylation is 1. The predicted octanol–water partition coefficient (Wildman–Crippen LogP) is 4.38. The summed E-state index contributed by atoms with van der Waals surface area (Å²) in [5, 5.41) is 15.2. The standard InChI is InChI=1S/C22H20N4O/c1-2-16-6-4-10-20(13-16)26-22(27)18-8-3-7-17(12-18)15-25-21-19(14-23)9-5-11-24-21/h3-13H,2,15H2,1H3,(H,24,25)(H,26,27). The highest BCUT2D eigenvalue weighted by Crippen LogP contribution is 2.15. The predicted molar refractivity (Wildman–Crippen MR) is 106 cm³/mol. The number of carbonyl (C=O) groups is 1. The summed E-state index contributed by atoms with van der Waals surface area (Å²) in [6, 6.07) is 20.8. The smallest absolute Gasteiger partial charge is 0.255 e. The van der Waals surface area contributed by atoms with Crippen molar-refractivity contribution in [3.8, 4) is 6.07 Å². The van der Waals surface area contributed by atoms with Crippen LogP contribution in [0, 0.1) is 11.3 Å². The largest absolute Gasteiger partial charge is 0.365 e. The van der Waals surface area contributed by atoms with E-state index >= 15 is 0 Å². The fourth-order valence-corrected chi connectivity index (χ4v) is 2.72. The Labute approximate surface area is 158 Å². The summed E-state index contributed by atoms with van der Waals surface area (Å²) in [6.07, 6.45) is 2.56. The molecule has 1 aromatic heterocycles. The number of nitrogens with zero attached hydrogens (tertiary/aromatic N) is 2. The summed E-state index contributed by atoms with van der Waals surface area (Å²) in [4.78, 5) is 16.7. The van der Waals surface area contributed by atoms with Crippen LogP contribution in [0.2, 0.25) is 0 Å². The van der Waals surface area contributed by atoms with Crippen LogP contribution in [0.1, 0.15) is 34.0 Å². The number of carbonyl (C=O) groups excluding carboxylic acids is 1. The molecular weight excluding hydrogens is 336 g/mol. The normalized spacial score (nSPS) is 10.1. The molecule has 0 aliphatic heterocycles. The van der Waals surface area contributed by atoms with E-state index in [4.69, 9.17) is 5.26 Å². The minimum Gasteiger partial charge on any atom is -0.365 e. The van der Waals surface area contributed by atoms with Gasteiger partial charge in [-0.3, -0.25) is 4.79 Å². The van der Waals surface area contributed by atoms with E-state index < -0.39 is 0 Å². The Bertz CT molecular complexity index is 991. The molecule has 5 nitrogen and oxygen atoms in total. The molecule has 0 bridgehead atoms. The van der Waals surface area contributed by atoms with E-state index in [1.54, 1.807) is 24.4 Å². The lowest BCUT2D eigenvalue weighted by Crippen LogP contribution is -2.13. The van der Waals surface area contributed by atoms with Crippen molar-refractivity contribution >= 4 is 17.4 Å². The minimum atomic E-state index is -0.152. The first-order valence-corrected chi connectivity index (χ1v) is 8.78. The fourth-order valence-electron chi connectivity index (χ4n) is 2.72. The van der Waals surface area contributed by atoms with Gasteiger partial charge in [0, 0.05) is 24.0 Å². The summed E-state index contributed by atoms with van der Waals surface area (Å²) in [7, 11) is 0. The Morgan fingerprint density at radius 2 is 1.89 bits per heavy atom. The second-order valence-corrected chi connectivity index (χ2v) is 6.07. The SMILES string of the molecule is CCc1cccc(NC(=O)c2cccc(CNc3ncccc3C#N)c2)c1. The highest BCUT2D eigenvalue weighted by molar-refractivity contribution is 6.04. The molecule has 0 saturated carbocycles. The van der Waals surface area contributed by atoms with Gasteiger partial charge in [-0.1, -0.05) is 31.2 Å². The number of nitrogens with one attached hydrogen (secondary N) is 2. The third-order valence-corrected chi connectivity index (χ3v) is 4.17. The van der Waals surface area contributed by atoms with Crippen molar-refractivity contribution in [3.05, 3.63) is 89.1 Å². The van der Waals surface area contributed by atoms with Crippen LogP contribution >= 0.6 is 0 Å². The van der Waals surface area contributed by atoms with E-state index in [-0.39, 0.29) is 5.91 Å². The minimum absolute atomic E-state index is 0.152. The van der Waals surface area contributed by atoms with Crippen LogP contribution in [0.3, 0.4) is 0 Å². The second-order valence-electron chi connectivity index (χ2n) is 6.07. The first-order chi connectivity index (χ1) is 13.2. The number of pyridine rings is 1. The number of nitriles is 1. The lowest BCUT2D eigenvalue weighted by molar-refractivity contribution is 0.102. The first-order valence-electron chi connectivity index (χ1n) is 8.78. The number of hydrogen-bond donors (Lipinski definition) is 2. The number of hydrogen-bond acceptors (Lipinski definition) is 4. The van der Waals surface area contributed by atoms with Crippen molar-refractivity contribution in [1.82, 2.24) is 4.98 Å². The molecule has 0 atom stereocenters. The maximum atomic E-state index is 12.6. The third kappa shape index (κ3) is 4.71. The molecule has 3 aromatic rings. The zero-order chi connectivity index (χ0) is 19.1. The third-order valence-electron chi connectivity index (χ3n) is 4.17. The maximum Gasteiger partial charge on any atom is 0.255 e. The lowest BCUT2D eigenvalue weighted by atomic mass is 10.1. The molecule has 3 rings (SSSR count). The molecule has 0 saturated heterocycles. The molecule has 1 heterocycles. The Morgan fingerprint density at radius 1 is 1.07 bits per heavy atom. The van der Waals surface area contributed by atoms with Gasteiger partial charge in [-0.2, -0.15) is 5.26 Å². The molecule has 0 aliphatic carbocycles. The van der Waals surface area contributed by atoms with Gasteiger partial charge >= 0.3 is 0 Å². The van der Waals surface area contributed by atoms with Crippen LogP contribution in [0.4, 0.5) is 11.5 Å². The van der Waals surface area contributed by atoms with Crippen molar-refractivity contribution in [2.24, 2.45) is 0 Å². The summed E-state index contributed by atoms with van der Waals surface area (Å²) >= 11 is 0. The number of aromatic nitrogens is 1. The zero-order valence-corrected chi connectivity index (χ0v) is 15.1. The molecule has 2 N–H and O–H groups in total. The van der Waals surface area contributed by atoms with E-state index in [1.165, 1.54) is 5.56 Å². The summed E-state index contributed by atoms with van der Waals surface area (Å²) in [6.45, 7) is 2.55. The Morgan fingerprint density at radius 3 is 2.70 bits per heavy atom. The monoisotopic (exact) mass is 356 g/mol. The van der Waals surface area contributed by atoms with E-state index in [1.807, 2.05) is 42.5 Å². The lowest BCUT2D eigenvalue weighted by Gasteiger charge is -2.10. The van der Waals surface area contributed by atoms with Gasteiger partial charge in [-0.25, -0.2) is 4.98 Å². The number of anilines is 2. The second kappa shape index (κ2) is 8.63. The van der Waals surface area contributed by atoms with Gasteiger partial charge < -0.3 is 10.6 Å². The molecular formula is C22H20N4O. The molecule has 5 heteroatoms. The van der Waals surface area contributed by atoms with Crippen LogP contribution in [0.15, 0.2) is 66.9 Å². The summed E-state index contributed by atoms with van der Waals surface area (Å²) in [5.74, 6) is 0.381. The van der Waals surface area contributed by atoms with Gasteiger partial charge in [0.15, 0.2) is 0 Å². The number of amides is 1. The molecule has 134 valence electrons. The van der Waals surface area contributed by atoms with Crippen molar-refractivity contribution in [3.63, 3.8) is 0 Å². The zero-order valence-electron chi connectivity index (χ0n) is 15.1. The first kappa shape index (κ1) is 18.2. The van der Waals surface area contributed by atoms with Gasteiger partial charge in [0.1, 0.15) is 11.9 Å². The van der Waals surface area contributed by atoms with Crippen LogP contribution in [-0.2, 0) is 13.0 Å². The molecule has 1 amide bonds. The fraction of sp³-hybridized carbons (Fsp3) is 0.136. The highest BCUT2D eigenvalue weighted by atomic mass is 16.1. The molecule has 0 fully saturated rings. The quantitative estimate of drug-likeness (QED) is 0.687. The Hall–Kier alpha value is -3.65. The van der Waals surface area contributed by atoms with Crippen molar-refractivity contribution < 1.29 is 4.79 Å². The molecule has 0 spiro atoms. The molecule has 2 aromatic carbocycles. The van der Waals surface area contributed by atoms with E-state index in [9.17, 15) is 4.79 Å². The molecule has 0 radical (unpaired) electrons. The van der Waals surface area contributed by atoms with Crippen molar-refractivity contribution in [2.75, 3.05) is 10.6 Å². The van der Waals surface area contributed by atoms with Crippen LogP contribution in [0.25, 0.3) is 0 Å². The summed E-state index contributed by atoms with van der Waals surface area (Å²) in [5.41, 5.74) is 3.96. The molecule has 0 unspecified atom stereocenters. The Kier molecular flexibility index (Phi) is 5.80. The van der Waals surface area contributed by atoms with E-state index in [0.717, 1.165) is 17.7 Å². The van der Waals surface area contributed by atoms with Gasteiger partial charge in [-0.05, 0) is 53.9 Å². The maximum absolute atomic E-state index is 12.6. The average Bonchev–Trinajstić information content (AvgIpc) is 2.72. The van der Waals surface area contributed by atoms with Crippen LogP contribution in [0.5, 0.6) is 0 Å². The van der Waals surface area contributed by atoms with Gasteiger partial charge in [0.25, 0.3) is 5.91 Å². The number of rotatable bonds is 6. The summed E-state index contributed by atoms with van der Waals surface area (Å²) < 4.78 is 0. The van der Waals surface area contributed by atoms with E-state index in [0.29, 0.717) is 23.5 Å².